The second-order valence-electron chi connectivity index (χ2n) is 2.84. The second kappa shape index (κ2) is 4.80. The Bertz CT molecular complexity index is 352. The number of hydrogen-bond donors (Lipinski definition) is 0. The van der Waals surface area contributed by atoms with E-state index in [1.807, 2.05) is 0 Å². The minimum atomic E-state index is -0.625. The summed E-state index contributed by atoms with van der Waals surface area (Å²) in [6, 6.07) is 5.40. The van der Waals surface area contributed by atoms with E-state index in [0.717, 1.165) is 10.0 Å². The lowest BCUT2D eigenvalue weighted by molar-refractivity contribution is -0.116. The molecular formula is C10H10BrClO2. The second-order valence-corrected chi connectivity index (χ2v) is 4.07. The van der Waals surface area contributed by atoms with E-state index in [1.165, 1.54) is 6.92 Å². The van der Waals surface area contributed by atoms with Crippen LogP contribution in [0.1, 0.15) is 17.9 Å². The van der Waals surface area contributed by atoms with Crippen LogP contribution in [0.3, 0.4) is 0 Å². The summed E-state index contributed by atoms with van der Waals surface area (Å²) in [6.45, 7) is 1.46. The summed E-state index contributed by atoms with van der Waals surface area (Å²) < 4.78 is 5.83. The van der Waals surface area contributed by atoms with Crippen molar-refractivity contribution >= 4 is 33.3 Å². The number of benzene rings is 1. The fraction of sp³-hybridized carbons (Fsp3) is 0.300. The lowest BCUT2D eigenvalue weighted by Gasteiger charge is -2.11. The lowest BCUT2D eigenvalue weighted by Crippen LogP contribution is -2.03. The number of halogens is 2. The molecule has 0 heterocycles. The molecule has 0 saturated heterocycles. The van der Waals surface area contributed by atoms with Gasteiger partial charge in [0.15, 0.2) is 5.78 Å². The Hall–Kier alpha value is -0.540. The summed E-state index contributed by atoms with van der Waals surface area (Å²) in [5.41, 5.74) is 0.735. The largest absolute Gasteiger partial charge is 0.496 e. The molecule has 14 heavy (non-hydrogen) atoms. The van der Waals surface area contributed by atoms with Gasteiger partial charge < -0.3 is 4.74 Å². The first-order valence-corrected chi connectivity index (χ1v) is 5.27. The van der Waals surface area contributed by atoms with Crippen LogP contribution >= 0.6 is 27.5 Å². The standard InChI is InChI=1S/C10H10BrClO2/c1-6(13)10(12)7-4-3-5-8(14-2)9(7)11/h3-5,10H,1-2H3. The Balaban J connectivity index is 3.15. The number of ether oxygens (including phenoxy) is 1. The Labute approximate surface area is 96.3 Å². The van der Waals surface area contributed by atoms with Crippen molar-refractivity contribution in [1.82, 2.24) is 0 Å². The SMILES string of the molecule is COc1cccc(C(Cl)C(C)=O)c1Br. The average Bonchev–Trinajstić information content (AvgIpc) is 2.17. The summed E-state index contributed by atoms with van der Waals surface area (Å²) in [5.74, 6) is 0.593. The van der Waals surface area contributed by atoms with Crippen LogP contribution in [0.2, 0.25) is 0 Å². The van der Waals surface area contributed by atoms with Gasteiger partial charge in [-0.25, -0.2) is 0 Å². The predicted molar refractivity (Wildman–Crippen MR) is 60.0 cm³/mol. The minimum absolute atomic E-state index is 0.0828. The van der Waals surface area contributed by atoms with Gasteiger partial charge in [0.1, 0.15) is 11.1 Å². The molecule has 0 amide bonds. The molecule has 1 rings (SSSR count). The van der Waals surface area contributed by atoms with Crippen LogP contribution < -0.4 is 4.74 Å². The highest BCUT2D eigenvalue weighted by atomic mass is 79.9. The van der Waals surface area contributed by atoms with Gasteiger partial charge in [-0.3, -0.25) is 4.79 Å². The van der Waals surface area contributed by atoms with Crippen molar-refractivity contribution in [3.05, 3.63) is 28.2 Å². The van der Waals surface area contributed by atoms with E-state index in [4.69, 9.17) is 16.3 Å². The number of rotatable bonds is 3. The molecular weight excluding hydrogens is 267 g/mol. The summed E-state index contributed by atoms with van der Waals surface area (Å²) >= 11 is 9.29. The number of alkyl halides is 1. The van der Waals surface area contributed by atoms with Crippen molar-refractivity contribution in [3.8, 4) is 5.75 Å². The van der Waals surface area contributed by atoms with Gasteiger partial charge in [0.05, 0.1) is 11.6 Å². The third kappa shape index (κ3) is 2.28. The van der Waals surface area contributed by atoms with Gasteiger partial charge in [-0.15, -0.1) is 11.6 Å². The van der Waals surface area contributed by atoms with E-state index in [1.54, 1.807) is 25.3 Å². The number of ketones is 1. The third-order valence-corrected chi connectivity index (χ3v) is 3.23. The molecule has 1 aromatic rings. The van der Waals surface area contributed by atoms with Crippen molar-refractivity contribution < 1.29 is 9.53 Å². The highest BCUT2D eigenvalue weighted by Crippen LogP contribution is 2.35. The van der Waals surface area contributed by atoms with Crippen molar-refractivity contribution in [2.75, 3.05) is 7.11 Å². The van der Waals surface area contributed by atoms with Gasteiger partial charge in [-0.05, 0) is 34.5 Å². The van der Waals surface area contributed by atoms with E-state index >= 15 is 0 Å². The zero-order chi connectivity index (χ0) is 10.7. The quantitative estimate of drug-likeness (QED) is 0.792. The molecule has 76 valence electrons. The molecule has 0 saturated carbocycles. The van der Waals surface area contributed by atoms with Crippen molar-refractivity contribution in [2.45, 2.75) is 12.3 Å². The summed E-state index contributed by atoms with van der Waals surface area (Å²) in [4.78, 5) is 11.1. The van der Waals surface area contributed by atoms with Crippen LogP contribution in [0.15, 0.2) is 22.7 Å². The molecule has 0 N–H and O–H groups in total. The van der Waals surface area contributed by atoms with E-state index < -0.39 is 5.38 Å². The zero-order valence-corrected chi connectivity index (χ0v) is 10.2. The molecule has 1 unspecified atom stereocenters. The van der Waals surface area contributed by atoms with Gasteiger partial charge in [0.2, 0.25) is 0 Å². The molecule has 0 bridgehead atoms. The van der Waals surface area contributed by atoms with Crippen LogP contribution in [-0.4, -0.2) is 12.9 Å². The molecule has 0 aliphatic heterocycles. The first-order valence-electron chi connectivity index (χ1n) is 4.05. The van der Waals surface area contributed by atoms with Crippen molar-refractivity contribution in [1.29, 1.82) is 0 Å². The van der Waals surface area contributed by atoms with Gasteiger partial charge in [-0.1, -0.05) is 12.1 Å². The Kier molecular flexibility index (Phi) is 3.96. The van der Waals surface area contributed by atoms with Crippen LogP contribution in [0, 0.1) is 0 Å². The molecule has 0 aliphatic rings. The number of carbonyl (C=O) groups excluding carboxylic acids is 1. The van der Waals surface area contributed by atoms with E-state index in [9.17, 15) is 4.79 Å². The third-order valence-electron chi connectivity index (χ3n) is 1.84. The fourth-order valence-electron chi connectivity index (χ4n) is 1.10. The topological polar surface area (TPSA) is 26.3 Å². The maximum absolute atomic E-state index is 11.1. The molecule has 0 fully saturated rings. The summed E-state index contributed by atoms with van der Waals surface area (Å²) in [5, 5.41) is -0.625. The van der Waals surface area contributed by atoms with Gasteiger partial charge in [0, 0.05) is 0 Å². The molecule has 0 aromatic heterocycles. The monoisotopic (exact) mass is 276 g/mol. The van der Waals surface area contributed by atoms with E-state index in [2.05, 4.69) is 15.9 Å². The van der Waals surface area contributed by atoms with Gasteiger partial charge in [-0.2, -0.15) is 0 Å². The first kappa shape index (κ1) is 11.5. The Morgan fingerprint density at radius 2 is 2.21 bits per heavy atom. The highest BCUT2D eigenvalue weighted by molar-refractivity contribution is 9.10. The molecule has 1 aromatic carbocycles. The van der Waals surface area contributed by atoms with Gasteiger partial charge in [0.25, 0.3) is 0 Å². The van der Waals surface area contributed by atoms with Crippen molar-refractivity contribution in [2.24, 2.45) is 0 Å². The number of carbonyl (C=O) groups is 1. The molecule has 4 heteroatoms. The number of Topliss-reactive ketones (excluding diaryl/α,β-unsaturated/α-hetero) is 1. The fourth-order valence-corrected chi connectivity index (χ4v) is 2.07. The number of methoxy groups -OCH3 is 1. The van der Waals surface area contributed by atoms with E-state index in [-0.39, 0.29) is 5.78 Å². The Morgan fingerprint density at radius 1 is 1.57 bits per heavy atom. The van der Waals surface area contributed by atoms with Crippen LogP contribution in [-0.2, 0) is 4.79 Å². The highest BCUT2D eigenvalue weighted by Gasteiger charge is 2.17. The minimum Gasteiger partial charge on any atom is -0.496 e. The number of hydrogen-bond acceptors (Lipinski definition) is 2. The smallest absolute Gasteiger partial charge is 0.152 e. The maximum atomic E-state index is 11.1. The van der Waals surface area contributed by atoms with E-state index in [0.29, 0.717) is 5.75 Å². The normalized spacial score (nSPS) is 12.3. The van der Waals surface area contributed by atoms with Crippen LogP contribution in [0.25, 0.3) is 0 Å². The molecule has 2 nitrogen and oxygen atoms in total. The summed E-state index contributed by atoms with van der Waals surface area (Å²) in [7, 11) is 1.57. The predicted octanol–water partition coefficient (Wildman–Crippen LogP) is 3.33. The molecule has 1 atom stereocenters. The zero-order valence-electron chi connectivity index (χ0n) is 7.88. The van der Waals surface area contributed by atoms with Crippen LogP contribution in [0.4, 0.5) is 0 Å². The lowest BCUT2D eigenvalue weighted by atomic mass is 10.1. The van der Waals surface area contributed by atoms with Gasteiger partial charge >= 0.3 is 0 Å². The molecule has 0 spiro atoms. The molecule has 0 aliphatic carbocycles. The average molecular weight is 278 g/mol. The Morgan fingerprint density at radius 3 is 2.71 bits per heavy atom. The first-order chi connectivity index (χ1) is 6.57. The van der Waals surface area contributed by atoms with Crippen LogP contribution in [0.5, 0.6) is 5.75 Å². The molecule has 0 radical (unpaired) electrons. The maximum Gasteiger partial charge on any atom is 0.152 e. The summed E-state index contributed by atoms with van der Waals surface area (Å²) in [6.07, 6.45) is 0. The van der Waals surface area contributed by atoms with Crippen molar-refractivity contribution in [3.63, 3.8) is 0 Å².